The SMILES string of the molecule is COC1CN(C(C)CCC(=O)O)CC1OC. The molecule has 0 aromatic carbocycles. The van der Waals surface area contributed by atoms with Gasteiger partial charge >= 0.3 is 5.97 Å². The number of hydrogen-bond donors (Lipinski definition) is 1. The summed E-state index contributed by atoms with van der Waals surface area (Å²) < 4.78 is 10.7. The summed E-state index contributed by atoms with van der Waals surface area (Å²) in [6.45, 7) is 3.68. The number of carboxylic acids is 1. The molecule has 16 heavy (non-hydrogen) atoms. The Hall–Kier alpha value is -0.650. The van der Waals surface area contributed by atoms with Crippen molar-refractivity contribution >= 4 is 5.97 Å². The van der Waals surface area contributed by atoms with Gasteiger partial charge in [0.25, 0.3) is 0 Å². The van der Waals surface area contributed by atoms with Gasteiger partial charge in [-0.25, -0.2) is 0 Å². The quantitative estimate of drug-likeness (QED) is 0.725. The second kappa shape index (κ2) is 6.18. The van der Waals surface area contributed by atoms with Crippen molar-refractivity contribution in [3.8, 4) is 0 Å². The molecule has 1 N–H and O–H groups in total. The van der Waals surface area contributed by atoms with Crippen molar-refractivity contribution < 1.29 is 19.4 Å². The van der Waals surface area contributed by atoms with Gasteiger partial charge < -0.3 is 14.6 Å². The molecule has 1 fully saturated rings. The third-order valence-electron chi connectivity index (χ3n) is 3.25. The zero-order chi connectivity index (χ0) is 12.1. The fourth-order valence-corrected chi connectivity index (χ4v) is 2.10. The van der Waals surface area contributed by atoms with Gasteiger partial charge in [0.2, 0.25) is 0 Å². The number of hydrogen-bond acceptors (Lipinski definition) is 4. The molecular formula is C11H21NO4. The first-order chi connectivity index (χ1) is 7.58. The molecule has 1 saturated heterocycles. The maximum absolute atomic E-state index is 10.5. The third kappa shape index (κ3) is 3.43. The summed E-state index contributed by atoms with van der Waals surface area (Å²) >= 11 is 0. The number of nitrogens with zero attached hydrogens (tertiary/aromatic N) is 1. The topological polar surface area (TPSA) is 59.0 Å². The van der Waals surface area contributed by atoms with Gasteiger partial charge in [-0.05, 0) is 13.3 Å². The normalized spacial score (nSPS) is 28.2. The highest BCUT2D eigenvalue weighted by Gasteiger charge is 2.34. The maximum atomic E-state index is 10.5. The van der Waals surface area contributed by atoms with Gasteiger partial charge in [-0.1, -0.05) is 0 Å². The number of methoxy groups -OCH3 is 2. The summed E-state index contributed by atoms with van der Waals surface area (Å²) in [4.78, 5) is 12.7. The molecule has 0 aromatic rings. The largest absolute Gasteiger partial charge is 0.481 e. The Labute approximate surface area is 96.3 Å². The number of carbonyl (C=O) groups is 1. The summed E-state index contributed by atoms with van der Waals surface area (Å²) in [5, 5.41) is 8.63. The van der Waals surface area contributed by atoms with Gasteiger partial charge in [-0.2, -0.15) is 0 Å². The Kier molecular flexibility index (Phi) is 5.18. The molecule has 5 heteroatoms. The minimum atomic E-state index is -0.738. The van der Waals surface area contributed by atoms with E-state index in [1.54, 1.807) is 14.2 Å². The average molecular weight is 231 g/mol. The number of aliphatic carboxylic acids is 1. The van der Waals surface area contributed by atoms with Gasteiger partial charge in [-0.3, -0.25) is 9.69 Å². The molecule has 0 aliphatic carbocycles. The van der Waals surface area contributed by atoms with Crippen molar-refractivity contribution in [2.75, 3.05) is 27.3 Å². The van der Waals surface area contributed by atoms with Crippen LogP contribution < -0.4 is 0 Å². The van der Waals surface area contributed by atoms with Gasteiger partial charge in [-0.15, -0.1) is 0 Å². The van der Waals surface area contributed by atoms with Crippen LogP contribution in [-0.4, -0.2) is 61.5 Å². The Morgan fingerprint density at radius 3 is 2.25 bits per heavy atom. The van der Waals surface area contributed by atoms with Gasteiger partial charge in [0, 0.05) is 39.8 Å². The van der Waals surface area contributed by atoms with Crippen LogP contribution in [0.1, 0.15) is 19.8 Å². The molecule has 3 atom stereocenters. The van der Waals surface area contributed by atoms with Crippen LogP contribution in [0.5, 0.6) is 0 Å². The van der Waals surface area contributed by atoms with Crippen molar-refractivity contribution in [3.63, 3.8) is 0 Å². The van der Waals surface area contributed by atoms with Crippen LogP contribution in [-0.2, 0) is 14.3 Å². The number of ether oxygens (including phenoxy) is 2. The Bertz CT molecular complexity index is 222. The van der Waals surface area contributed by atoms with Crippen molar-refractivity contribution in [3.05, 3.63) is 0 Å². The monoisotopic (exact) mass is 231 g/mol. The van der Waals surface area contributed by atoms with Crippen LogP contribution in [0.15, 0.2) is 0 Å². The van der Waals surface area contributed by atoms with E-state index >= 15 is 0 Å². The lowest BCUT2D eigenvalue weighted by Gasteiger charge is -2.23. The lowest BCUT2D eigenvalue weighted by atomic mass is 10.1. The van der Waals surface area contributed by atoms with Crippen molar-refractivity contribution in [1.82, 2.24) is 4.90 Å². The van der Waals surface area contributed by atoms with Crippen molar-refractivity contribution in [2.45, 2.75) is 38.0 Å². The summed E-state index contributed by atoms with van der Waals surface area (Å²) in [6, 6.07) is 0.258. The van der Waals surface area contributed by atoms with Crippen LogP contribution in [0, 0.1) is 0 Å². The van der Waals surface area contributed by atoms with E-state index in [1.807, 2.05) is 6.92 Å². The van der Waals surface area contributed by atoms with Crippen LogP contribution in [0.2, 0.25) is 0 Å². The Morgan fingerprint density at radius 1 is 1.38 bits per heavy atom. The summed E-state index contributed by atoms with van der Waals surface area (Å²) in [7, 11) is 3.37. The lowest BCUT2D eigenvalue weighted by molar-refractivity contribution is -0.137. The molecular weight excluding hydrogens is 210 g/mol. The molecule has 0 bridgehead atoms. The third-order valence-corrected chi connectivity index (χ3v) is 3.25. The van der Waals surface area contributed by atoms with E-state index in [-0.39, 0.29) is 24.7 Å². The standard InChI is InChI=1S/C11H21NO4/c1-8(4-5-11(13)14)12-6-9(15-2)10(7-12)16-3/h8-10H,4-7H2,1-3H3,(H,13,14). The molecule has 1 aliphatic rings. The van der Waals surface area contributed by atoms with Gasteiger partial charge in [0.05, 0.1) is 12.2 Å². The predicted octanol–water partition coefficient (Wildman–Crippen LogP) is 0.585. The van der Waals surface area contributed by atoms with Crippen molar-refractivity contribution in [1.29, 1.82) is 0 Å². The smallest absolute Gasteiger partial charge is 0.303 e. The summed E-state index contributed by atoms with van der Waals surface area (Å²) in [5.41, 5.74) is 0. The zero-order valence-electron chi connectivity index (χ0n) is 10.2. The first kappa shape index (κ1) is 13.4. The van der Waals surface area contributed by atoms with E-state index in [4.69, 9.17) is 14.6 Å². The van der Waals surface area contributed by atoms with E-state index in [9.17, 15) is 4.79 Å². The van der Waals surface area contributed by atoms with Crippen LogP contribution in [0.3, 0.4) is 0 Å². The first-order valence-corrected chi connectivity index (χ1v) is 5.60. The Balaban J connectivity index is 2.40. The molecule has 0 spiro atoms. The van der Waals surface area contributed by atoms with Crippen LogP contribution in [0.25, 0.3) is 0 Å². The highest BCUT2D eigenvalue weighted by molar-refractivity contribution is 5.66. The molecule has 1 rings (SSSR count). The van der Waals surface area contributed by atoms with E-state index < -0.39 is 5.97 Å². The predicted molar refractivity (Wildman–Crippen MR) is 59.5 cm³/mol. The molecule has 5 nitrogen and oxygen atoms in total. The number of likely N-dealkylation sites (tertiary alicyclic amines) is 1. The number of carboxylic acid groups (broad SMARTS) is 1. The van der Waals surface area contributed by atoms with E-state index in [0.717, 1.165) is 13.1 Å². The molecule has 0 aromatic heterocycles. The van der Waals surface area contributed by atoms with Crippen molar-refractivity contribution in [2.24, 2.45) is 0 Å². The second-order valence-electron chi connectivity index (χ2n) is 4.28. The van der Waals surface area contributed by atoms with E-state index in [1.165, 1.54) is 0 Å². The minimum absolute atomic E-state index is 0.0947. The highest BCUT2D eigenvalue weighted by Crippen LogP contribution is 2.20. The molecule has 94 valence electrons. The Morgan fingerprint density at radius 2 is 1.88 bits per heavy atom. The van der Waals surface area contributed by atoms with Crippen LogP contribution >= 0.6 is 0 Å². The van der Waals surface area contributed by atoms with Crippen LogP contribution in [0.4, 0.5) is 0 Å². The molecule has 0 saturated carbocycles. The first-order valence-electron chi connectivity index (χ1n) is 5.60. The highest BCUT2D eigenvalue weighted by atomic mass is 16.5. The molecule has 1 heterocycles. The van der Waals surface area contributed by atoms with E-state index in [2.05, 4.69) is 4.90 Å². The average Bonchev–Trinajstić information content (AvgIpc) is 2.68. The minimum Gasteiger partial charge on any atom is -0.481 e. The molecule has 1 aliphatic heterocycles. The summed E-state index contributed by atoms with van der Waals surface area (Å²) in [6.07, 6.45) is 1.07. The second-order valence-corrected chi connectivity index (χ2v) is 4.28. The molecule has 3 unspecified atom stereocenters. The maximum Gasteiger partial charge on any atom is 0.303 e. The van der Waals surface area contributed by atoms with Gasteiger partial charge in [0.1, 0.15) is 0 Å². The lowest BCUT2D eigenvalue weighted by Crippen LogP contribution is -2.32. The molecule has 0 radical (unpaired) electrons. The summed E-state index contributed by atoms with van der Waals surface area (Å²) in [5.74, 6) is -0.738. The van der Waals surface area contributed by atoms with E-state index in [0.29, 0.717) is 6.42 Å². The zero-order valence-corrected chi connectivity index (χ0v) is 10.2. The molecule has 0 amide bonds. The fourth-order valence-electron chi connectivity index (χ4n) is 2.10. The number of rotatable bonds is 6. The fraction of sp³-hybridized carbons (Fsp3) is 0.909. The van der Waals surface area contributed by atoms with Gasteiger partial charge in [0.15, 0.2) is 0 Å².